The highest BCUT2D eigenvalue weighted by atomic mass is 16.6. The molecule has 0 radical (unpaired) electrons. The number of nitrogens with one attached hydrogen (secondary N) is 1. The van der Waals surface area contributed by atoms with E-state index in [1.54, 1.807) is 39.0 Å². The molecule has 1 atom stereocenters. The van der Waals surface area contributed by atoms with Crippen molar-refractivity contribution in [2.24, 2.45) is 0 Å². The fraction of sp³-hybridized carbons (Fsp3) is 0.355. The average Bonchev–Trinajstić information content (AvgIpc) is 2.85. The summed E-state index contributed by atoms with van der Waals surface area (Å²) < 4.78 is 17.5. The first-order valence-corrected chi connectivity index (χ1v) is 12.7. The third kappa shape index (κ3) is 8.22. The lowest BCUT2D eigenvalue weighted by molar-refractivity contribution is -0.156. The Labute approximate surface area is 229 Å². The summed E-state index contributed by atoms with van der Waals surface area (Å²) in [7, 11) is 0. The van der Waals surface area contributed by atoms with Gasteiger partial charge >= 0.3 is 12.1 Å². The van der Waals surface area contributed by atoms with E-state index in [1.807, 2.05) is 60.7 Å². The Hall–Kier alpha value is -4.04. The normalized spacial score (nSPS) is 13.2. The Morgan fingerprint density at radius 1 is 0.744 bits per heavy atom. The first kappa shape index (κ1) is 29.5. The van der Waals surface area contributed by atoms with Crippen molar-refractivity contribution in [1.29, 1.82) is 0 Å². The number of hydrogen-bond donors (Lipinski definition) is 3. The number of carboxylic acid groups (broad SMARTS) is 1. The van der Waals surface area contributed by atoms with E-state index in [0.717, 1.165) is 11.1 Å². The zero-order chi connectivity index (χ0) is 28.7. The lowest BCUT2D eigenvalue weighted by Gasteiger charge is -2.40. The van der Waals surface area contributed by atoms with Crippen molar-refractivity contribution in [3.63, 3.8) is 0 Å². The number of aliphatic carboxylic acids is 1. The predicted molar refractivity (Wildman–Crippen MR) is 148 cm³/mol. The van der Waals surface area contributed by atoms with Gasteiger partial charge in [-0.3, -0.25) is 0 Å². The molecule has 39 heavy (non-hydrogen) atoms. The van der Waals surface area contributed by atoms with Gasteiger partial charge in [-0.25, -0.2) is 9.59 Å². The Balaban J connectivity index is 1.94. The summed E-state index contributed by atoms with van der Waals surface area (Å²) in [4.78, 5) is 25.3. The van der Waals surface area contributed by atoms with Crippen LogP contribution in [-0.4, -0.2) is 39.0 Å². The maximum absolute atomic E-state index is 12.7. The first-order chi connectivity index (χ1) is 18.3. The lowest BCUT2D eigenvalue weighted by atomic mass is 9.77. The first-order valence-electron chi connectivity index (χ1n) is 12.7. The van der Waals surface area contributed by atoms with Crippen LogP contribution in [0.1, 0.15) is 51.3 Å². The molecule has 1 amide bonds. The molecule has 3 aromatic rings. The lowest BCUT2D eigenvalue weighted by Crippen LogP contribution is -2.68. The highest BCUT2D eigenvalue weighted by molar-refractivity contribution is 5.86. The summed E-state index contributed by atoms with van der Waals surface area (Å²) in [5.41, 5.74) is -2.39. The number of rotatable bonds is 11. The van der Waals surface area contributed by atoms with E-state index in [1.165, 1.54) is 13.8 Å². The molecule has 8 heteroatoms. The minimum Gasteiger partial charge on any atom is -0.485 e. The van der Waals surface area contributed by atoms with E-state index in [0.29, 0.717) is 23.7 Å². The van der Waals surface area contributed by atoms with E-state index >= 15 is 0 Å². The Kier molecular flexibility index (Phi) is 9.24. The molecular formula is C31H37NO7. The summed E-state index contributed by atoms with van der Waals surface area (Å²) in [5.74, 6) is -0.528. The average molecular weight is 536 g/mol. The molecule has 3 rings (SSSR count). The van der Waals surface area contributed by atoms with Gasteiger partial charge in [-0.05, 0) is 63.4 Å². The number of hydrogen-bond acceptors (Lipinski definition) is 6. The van der Waals surface area contributed by atoms with Gasteiger partial charge in [-0.2, -0.15) is 0 Å². The van der Waals surface area contributed by atoms with Gasteiger partial charge in [0, 0.05) is 6.42 Å². The fourth-order valence-corrected chi connectivity index (χ4v) is 3.95. The zero-order valence-electron chi connectivity index (χ0n) is 23.1. The van der Waals surface area contributed by atoms with E-state index < -0.39 is 28.8 Å². The molecule has 8 nitrogen and oxygen atoms in total. The smallest absolute Gasteiger partial charge is 0.408 e. The zero-order valence-corrected chi connectivity index (χ0v) is 23.1. The van der Waals surface area contributed by atoms with Gasteiger partial charge in [-0.1, -0.05) is 66.7 Å². The summed E-state index contributed by atoms with van der Waals surface area (Å²) in [6, 6.07) is 24.3. The van der Waals surface area contributed by atoms with Crippen molar-refractivity contribution in [3.8, 4) is 11.5 Å². The maximum atomic E-state index is 12.7. The molecule has 3 N–H and O–H groups in total. The van der Waals surface area contributed by atoms with Crippen molar-refractivity contribution in [1.82, 2.24) is 5.32 Å². The molecule has 0 aromatic heterocycles. The second-order valence-corrected chi connectivity index (χ2v) is 10.9. The number of carboxylic acids is 1. The molecule has 0 saturated carbocycles. The molecule has 0 aliphatic rings. The summed E-state index contributed by atoms with van der Waals surface area (Å²) >= 11 is 0. The predicted octanol–water partition coefficient (Wildman–Crippen LogP) is 5.51. The quantitative estimate of drug-likeness (QED) is 0.297. The van der Waals surface area contributed by atoms with Crippen LogP contribution in [0.3, 0.4) is 0 Å². The maximum Gasteiger partial charge on any atom is 0.408 e. The number of carbonyl (C=O) groups is 2. The van der Waals surface area contributed by atoms with Crippen molar-refractivity contribution in [2.45, 2.75) is 71.0 Å². The van der Waals surface area contributed by atoms with Gasteiger partial charge in [0.25, 0.3) is 0 Å². The Morgan fingerprint density at radius 3 is 1.72 bits per heavy atom. The Bertz CT molecular complexity index is 1250. The van der Waals surface area contributed by atoms with Gasteiger partial charge in [0.15, 0.2) is 17.0 Å². The van der Waals surface area contributed by atoms with Crippen LogP contribution in [0.25, 0.3) is 0 Å². The standard InChI is InChI=1S/C31H37NO7/c1-29(2,3)39-28(35)32-31(27(33)34,30(4,5)36)19-24-16-17-25(37-20-22-12-8-6-9-13-22)26(18-24)38-21-23-14-10-7-11-15-23/h6-18,36H,19-21H2,1-5H3,(H,32,35)(H,33,34)/t31-/m1/s1. The van der Waals surface area contributed by atoms with Crippen LogP contribution in [0.2, 0.25) is 0 Å². The van der Waals surface area contributed by atoms with Crippen LogP contribution in [0.4, 0.5) is 4.79 Å². The third-order valence-corrected chi connectivity index (χ3v) is 6.08. The number of carbonyl (C=O) groups excluding carboxylic acids is 1. The molecular weight excluding hydrogens is 498 g/mol. The van der Waals surface area contributed by atoms with Crippen molar-refractivity contribution >= 4 is 12.1 Å². The molecule has 0 heterocycles. The highest BCUT2D eigenvalue weighted by Gasteiger charge is 2.53. The van der Waals surface area contributed by atoms with Crippen LogP contribution in [0, 0.1) is 0 Å². The van der Waals surface area contributed by atoms with Crippen molar-refractivity contribution in [3.05, 3.63) is 95.6 Å². The molecule has 0 unspecified atom stereocenters. The topological polar surface area (TPSA) is 114 Å². The molecule has 0 saturated heterocycles. The van der Waals surface area contributed by atoms with E-state index in [-0.39, 0.29) is 13.0 Å². The second kappa shape index (κ2) is 12.2. The van der Waals surface area contributed by atoms with Crippen LogP contribution < -0.4 is 14.8 Å². The minimum atomic E-state index is -2.10. The number of benzene rings is 3. The van der Waals surface area contributed by atoms with Gasteiger partial charge in [0.1, 0.15) is 18.8 Å². The largest absolute Gasteiger partial charge is 0.485 e. The van der Waals surface area contributed by atoms with Crippen molar-refractivity contribution in [2.75, 3.05) is 0 Å². The number of alkyl carbamates (subject to hydrolysis) is 1. The highest BCUT2D eigenvalue weighted by Crippen LogP contribution is 2.34. The number of amides is 1. The molecule has 208 valence electrons. The van der Waals surface area contributed by atoms with Gasteiger partial charge in [-0.15, -0.1) is 0 Å². The minimum absolute atomic E-state index is 0.244. The van der Waals surface area contributed by atoms with Crippen LogP contribution in [0.5, 0.6) is 11.5 Å². The molecule has 0 bridgehead atoms. The molecule has 0 fully saturated rings. The molecule has 0 aliphatic heterocycles. The molecule has 0 aliphatic carbocycles. The van der Waals surface area contributed by atoms with Gasteiger partial charge in [0.05, 0.1) is 5.60 Å². The van der Waals surface area contributed by atoms with E-state index in [4.69, 9.17) is 14.2 Å². The molecule has 3 aromatic carbocycles. The summed E-state index contributed by atoms with van der Waals surface area (Å²) in [6.45, 7) is 8.25. The second-order valence-electron chi connectivity index (χ2n) is 10.9. The van der Waals surface area contributed by atoms with Gasteiger partial charge in [0.2, 0.25) is 0 Å². The monoisotopic (exact) mass is 535 g/mol. The summed E-state index contributed by atoms with van der Waals surface area (Å²) in [5, 5.41) is 23.7. The molecule has 0 spiro atoms. The van der Waals surface area contributed by atoms with Gasteiger partial charge < -0.3 is 29.7 Å². The van der Waals surface area contributed by atoms with Crippen LogP contribution in [-0.2, 0) is 29.2 Å². The number of aliphatic hydroxyl groups is 1. The summed E-state index contributed by atoms with van der Waals surface area (Å²) in [6.07, 6.45) is -1.19. The number of ether oxygens (including phenoxy) is 3. The van der Waals surface area contributed by atoms with E-state index in [2.05, 4.69) is 5.32 Å². The van der Waals surface area contributed by atoms with Crippen LogP contribution >= 0.6 is 0 Å². The SMILES string of the molecule is CC(C)(C)OC(=O)N[C@](Cc1ccc(OCc2ccccc2)c(OCc2ccccc2)c1)(C(=O)O)C(C)(C)O. The van der Waals surface area contributed by atoms with E-state index in [9.17, 15) is 19.8 Å². The van der Waals surface area contributed by atoms with Crippen molar-refractivity contribution < 1.29 is 34.0 Å². The third-order valence-electron chi connectivity index (χ3n) is 6.08. The van der Waals surface area contributed by atoms with Crippen LogP contribution in [0.15, 0.2) is 78.9 Å². The fourth-order valence-electron chi connectivity index (χ4n) is 3.95. The Morgan fingerprint density at radius 2 is 1.26 bits per heavy atom.